The van der Waals surface area contributed by atoms with E-state index in [1.165, 1.54) is 12.1 Å². The molecule has 0 bridgehead atoms. The first-order chi connectivity index (χ1) is 7.96. The van der Waals surface area contributed by atoms with Gasteiger partial charge in [-0.2, -0.15) is 0 Å². The van der Waals surface area contributed by atoms with Gasteiger partial charge in [-0.25, -0.2) is 0 Å². The van der Waals surface area contributed by atoms with Crippen LogP contribution in [0.15, 0.2) is 30.3 Å². The van der Waals surface area contributed by atoms with E-state index in [0.717, 1.165) is 0 Å². The molecule has 0 saturated carbocycles. The molecule has 1 rings (SSSR count). The van der Waals surface area contributed by atoms with Crippen molar-refractivity contribution >= 4 is 5.69 Å². The van der Waals surface area contributed by atoms with Gasteiger partial charge in [-0.15, -0.1) is 0 Å². The first-order valence-electron chi connectivity index (χ1n) is 6.75. The summed E-state index contributed by atoms with van der Waals surface area (Å²) in [6.07, 6.45) is 1.17. The molecule has 1 heteroatoms. The molecule has 0 aliphatic carbocycles. The molecule has 0 saturated heterocycles. The van der Waals surface area contributed by atoms with Crippen molar-refractivity contribution in [3.05, 3.63) is 30.3 Å². The molecule has 0 amide bonds. The van der Waals surface area contributed by atoms with E-state index in [2.05, 4.69) is 76.9 Å². The third-order valence-corrected chi connectivity index (χ3v) is 4.33. The quantitative estimate of drug-likeness (QED) is 0.719. The maximum absolute atomic E-state index is 2.47. The van der Waals surface area contributed by atoms with Crippen LogP contribution in [0, 0.1) is 11.8 Å². The molecule has 0 atom stereocenters. The molecular formula is C16H27N. The molecule has 0 aromatic heterocycles. The molecule has 0 unspecified atom stereocenters. The molecule has 0 fully saturated rings. The lowest BCUT2D eigenvalue weighted by atomic mass is 9.73. The highest BCUT2D eigenvalue weighted by atomic mass is 15.2. The topological polar surface area (TPSA) is 3.24 Å². The molecule has 0 N–H and O–H groups in total. The normalized spacial score (nSPS) is 12.2. The first-order valence-corrected chi connectivity index (χ1v) is 6.75. The van der Waals surface area contributed by atoms with Crippen LogP contribution in [0.25, 0.3) is 0 Å². The Morgan fingerprint density at radius 3 is 1.82 bits per heavy atom. The summed E-state index contributed by atoms with van der Waals surface area (Å²) in [4.78, 5) is 2.47. The van der Waals surface area contributed by atoms with E-state index in [-0.39, 0.29) is 5.54 Å². The monoisotopic (exact) mass is 233 g/mol. The van der Waals surface area contributed by atoms with Crippen LogP contribution in [0.3, 0.4) is 0 Å². The summed E-state index contributed by atoms with van der Waals surface area (Å²) in [5.74, 6) is 1.27. The molecular weight excluding hydrogens is 206 g/mol. The smallest absolute Gasteiger partial charge is 0.0442 e. The van der Waals surface area contributed by atoms with Crippen molar-refractivity contribution in [1.29, 1.82) is 0 Å². The summed E-state index contributed by atoms with van der Waals surface area (Å²) < 4.78 is 0. The number of rotatable bonds is 5. The van der Waals surface area contributed by atoms with Gasteiger partial charge in [0, 0.05) is 18.3 Å². The minimum atomic E-state index is 0.237. The fourth-order valence-electron chi connectivity index (χ4n) is 3.39. The highest BCUT2D eigenvalue weighted by Crippen LogP contribution is 2.37. The molecule has 1 nitrogen and oxygen atoms in total. The van der Waals surface area contributed by atoms with Gasteiger partial charge >= 0.3 is 0 Å². The zero-order valence-electron chi connectivity index (χ0n) is 12.2. The second kappa shape index (κ2) is 5.57. The van der Waals surface area contributed by atoms with Crippen LogP contribution in [0.5, 0.6) is 0 Å². The van der Waals surface area contributed by atoms with Crippen molar-refractivity contribution < 1.29 is 0 Å². The van der Waals surface area contributed by atoms with Gasteiger partial charge in [0.25, 0.3) is 0 Å². The number of benzene rings is 1. The van der Waals surface area contributed by atoms with Gasteiger partial charge in [0.05, 0.1) is 0 Å². The molecule has 0 aliphatic rings. The molecule has 1 aromatic carbocycles. The van der Waals surface area contributed by atoms with E-state index in [1.54, 1.807) is 0 Å². The van der Waals surface area contributed by atoms with Crippen molar-refractivity contribution in [3.8, 4) is 0 Å². The Morgan fingerprint density at radius 1 is 1.00 bits per heavy atom. The number of nitrogens with zero attached hydrogens (tertiary/aromatic N) is 1. The van der Waals surface area contributed by atoms with Crippen LogP contribution >= 0.6 is 0 Å². The van der Waals surface area contributed by atoms with E-state index < -0.39 is 0 Å². The Balaban J connectivity index is 3.15. The van der Waals surface area contributed by atoms with Crippen molar-refractivity contribution in [1.82, 2.24) is 0 Å². The Labute approximate surface area is 107 Å². The maximum atomic E-state index is 2.47. The zero-order chi connectivity index (χ0) is 13.1. The van der Waals surface area contributed by atoms with E-state index >= 15 is 0 Å². The van der Waals surface area contributed by atoms with Gasteiger partial charge in [0.15, 0.2) is 0 Å². The predicted molar refractivity (Wildman–Crippen MR) is 77.5 cm³/mol. The maximum Gasteiger partial charge on any atom is 0.0442 e. The van der Waals surface area contributed by atoms with Crippen molar-refractivity contribution in [2.24, 2.45) is 11.8 Å². The molecule has 17 heavy (non-hydrogen) atoms. The zero-order valence-corrected chi connectivity index (χ0v) is 12.2. The molecule has 0 aliphatic heterocycles. The van der Waals surface area contributed by atoms with Gasteiger partial charge < -0.3 is 4.90 Å². The molecule has 96 valence electrons. The summed E-state index contributed by atoms with van der Waals surface area (Å²) in [6, 6.07) is 10.7. The van der Waals surface area contributed by atoms with Crippen LogP contribution in [0.2, 0.25) is 0 Å². The summed E-state index contributed by atoms with van der Waals surface area (Å²) >= 11 is 0. The highest BCUT2D eigenvalue weighted by molar-refractivity contribution is 5.48. The van der Waals surface area contributed by atoms with Gasteiger partial charge in [-0.3, -0.25) is 0 Å². The Hall–Kier alpha value is -0.980. The van der Waals surface area contributed by atoms with E-state index in [0.29, 0.717) is 11.8 Å². The van der Waals surface area contributed by atoms with Gasteiger partial charge in [0.2, 0.25) is 0 Å². The average molecular weight is 233 g/mol. The lowest BCUT2D eigenvalue weighted by molar-refractivity contribution is 0.206. The number of para-hydroxylation sites is 1. The summed E-state index contributed by atoms with van der Waals surface area (Å²) in [6.45, 7) is 11.6. The highest BCUT2D eigenvalue weighted by Gasteiger charge is 2.39. The second-order valence-corrected chi connectivity index (χ2v) is 5.55. The van der Waals surface area contributed by atoms with Crippen LogP contribution in [-0.2, 0) is 0 Å². The second-order valence-electron chi connectivity index (χ2n) is 5.55. The van der Waals surface area contributed by atoms with Crippen molar-refractivity contribution in [3.63, 3.8) is 0 Å². The van der Waals surface area contributed by atoms with E-state index in [9.17, 15) is 0 Å². The molecule has 0 heterocycles. The predicted octanol–water partition coefficient (Wildman–Crippen LogP) is 4.58. The van der Waals surface area contributed by atoms with Crippen LogP contribution < -0.4 is 4.90 Å². The van der Waals surface area contributed by atoms with E-state index in [1.807, 2.05) is 0 Å². The molecule has 1 aromatic rings. The number of anilines is 1. The van der Waals surface area contributed by atoms with Crippen molar-refractivity contribution in [2.45, 2.75) is 46.6 Å². The van der Waals surface area contributed by atoms with Crippen LogP contribution in [-0.4, -0.2) is 12.6 Å². The summed E-state index contributed by atoms with van der Waals surface area (Å²) in [7, 11) is 2.23. The minimum Gasteiger partial charge on any atom is -0.368 e. The van der Waals surface area contributed by atoms with Gasteiger partial charge in [-0.05, 0) is 30.4 Å². The van der Waals surface area contributed by atoms with Gasteiger partial charge in [-0.1, -0.05) is 52.8 Å². The SMILES string of the molecule is CCC(C(C)C)(C(C)C)N(C)c1ccccc1. The molecule has 0 radical (unpaired) electrons. The third kappa shape index (κ3) is 2.48. The fraction of sp³-hybridized carbons (Fsp3) is 0.625. The Morgan fingerprint density at radius 2 is 1.47 bits per heavy atom. The number of hydrogen-bond donors (Lipinski definition) is 0. The van der Waals surface area contributed by atoms with E-state index in [4.69, 9.17) is 0 Å². The lowest BCUT2D eigenvalue weighted by Crippen LogP contribution is -2.54. The minimum absolute atomic E-state index is 0.237. The third-order valence-electron chi connectivity index (χ3n) is 4.33. The van der Waals surface area contributed by atoms with Crippen LogP contribution in [0.1, 0.15) is 41.0 Å². The standard InChI is InChI=1S/C16H27N/c1-7-16(13(2)3,14(4)5)17(6)15-11-9-8-10-12-15/h8-14H,7H2,1-6H3. The Kier molecular flexibility index (Phi) is 4.62. The van der Waals surface area contributed by atoms with Crippen LogP contribution in [0.4, 0.5) is 5.69 Å². The summed E-state index contributed by atoms with van der Waals surface area (Å²) in [5, 5.41) is 0. The van der Waals surface area contributed by atoms with Gasteiger partial charge in [0.1, 0.15) is 0 Å². The number of hydrogen-bond acceptors (Lipinski definition) is 1. The van der Waals surface area contributed by atoms with Crippen molar-refractivity contribution in [2.75, 3.05) is 11.9 Å². The summed E-state index contributed by atoms with van der Waals surface area (Å²) in [5.41, 5.74) is 1.55. The largest absolute Gasteiger partial charge is 0.368 e. The molecule has 0 spiro atoms. The lowest BCUT2D eigenvalue weighted by Gasteiger charge is -2.49. The first kappa shape index (κ1) is 14.1. The average Bonchev–Trinajstić information content (AvgIpc) is 2.30. The fourth-order valence-corrected chi connectivity index (χ4v) is 3.39. The Bertz CT molecular complexity index is 319.